The van der Waals surface area contributed by atoms with Crippen LogP contribution in [0.4, 0.5) is 13.2 Å². The number of carboxylic acid groups (broad SMARTS) is 1. The average molecular weight is 309 g/mol. The Morgan fingerprint density at radius 2 is 2.00 bits per heavy atom. The van der Waals surface area contributed by atoms with Crippen LogP contribution in [0.25, 0.3) is 0 Å². The highest BCUT2D eigenvalue weighted by molar-refractivity contribution is 5.80. The Hall–Kier alpha value is -0.820. The Morgan fingerprint density at radius 3 is 2.57 bits per heavy atom. The lowest BCUT2D eigenvalue weighted by molar-refractivity contribution is -0.147. The van der Waals surface area contributed by atoms with Gasteiger partial charge in [0, 0.05) is 12.6 Å². The van der Waals surface area contributed by atoms with E-state index < -0.39 is 24.1 Å². The van der Waals surface area contributed by atoms with E-state index in [1.54, 1.807) is 0 Å². The van der Waals surface area contributed by atoms with E-state index >= 15 is 0 Å². The zero-order valence-corrected chi connectivity index (χ0v) is 11.9. The first kappa shape index (κ1) is 16.5. The predicted octanol–water partition coefficient (Wildman–Crippen LogP) is 2.72. The van der Waals surface area contributed by atoms with Crippen LogP contribution in [0.5, 0.6) is 0 Å². The summed E-state index contributed by atoms with van der Waals surface area (Å²) >= 11 is 0. The van der Waals surface area contributed by atoms with Crippen molar-refractivity contribution in [2.45, 2.75) is 62.7 Å². The predicted molar refractivity (Wildman–Crippen MR) is 70.0 cm³/mol. The molecule has 0 spiro atoms. The third-order valence-electron chi connectivity index (χ3n) is 4.38. The molecule has 21 heavy (non-hydrogen) atoms. The maximum Gasteiger partial charge on any atom is 0.391 e. The Morgan fingerprint density at radius 1 is 1.29 bits per heavy atom. The fourth-order valence-electron chi connectivity index (χ4n) is 3.11. The number of carboxylic acids is 1. The fourth-order valence-corrected chi connectivity index (χ4v) is 3.11. The number of nitrogens with one attached hydrogen (secondary N) is 1. The summed E-state index contributed by atoms with van der Waals surface area (Å²) in [5.74, 6) is -0.909. The van der Waals surface area contributed by atoms with Crippen molar-refractivity contribution >= 4 is 5.97 Å². The zero-order chi connectivity index (χ0) is 15.5. The second-order valence-corrected chi connectivity index (χ2v) is 6.05. The average Bonchev–Trinajstić information content (AvgIpc) is 3.08. The topological polar surface area (TPSA) is 58.6 Å². The molecule has 122 valence electrons. The van der Waals surface area contributed by atoms with E-state index in [1.165, 1.54) is 0 Å². The van der Waals surface area contributed by atoms with Gasteiger partial charge < -0.3 is 9.84 Å². The van der Waals surface area contributed by atoms with Gasteiger partial charge in [0.25, 0.3) is 0 Å². The molecule has 0 aromatic rings. The lowest BCUT2D eigenvalue weighted by atomic mass is 9.84. The van der Waals surface area contributed by atoms with E-state index in [1.807, 2.05) is 0 Å². The molecule has 2 unspecified atom stereocenters. The monoisotopic (exact) mass is 309 g/mol. The molecule has 0 radical (unpaired) electrons. The van der Waals surface area contributed by atoms with Gasteiger partial charge in [-0.15, -0.1) is 0 Å². The molecule has 0 aromatic heterocycles. The summed E-state index contributed by atoms with van der Waals surface area (Å²) in [6, 6.07) is 0.285. The summed E-state index contributed by atoms with van der Waals surface area (Å²) in [4.78, 5) is 11.7. The number of ether oxygens (including phenoxy) is 1. The third kappa shape index (κ3) is 4.57. The number of hydrogen-bond acceptors (Lipinski definition) is 3. The summed E-state index contributed by atoms with van der Waals surface area (Å²) in [5, 5.41) is 12.8. The van der Waals surface area contributed by atoms with Crippen molar-refractivity contribution < 1.29 is 27.8 Å². The highest BCUT2D eigenvalue weighted by Crippen LogP contribution is 2.40. The molecule has 7 heteroatoms. The molecule has 2 aliphatic rings. The Bertz CT molecular complexity index is 371. The van der Waals surface area contributed by atoms with Crippen LogP contribution in [0.1, 0.15) is 44.9 Å². The molecule has 2 aliphatic carbocycles. The number of carbonyl (C=O) groups is 1. The minimum Gasteiger partial charge on any atom is -0.480 e. The molecule has 2 atom stereocenters. The minimum atomic E-state index is -4.20. The lowest BCUT2D eigenvalue weighted by Gasteiger charge is -2.32. The first-order valence-corrected chi connectivity index (χ1v) is 7.49. The normalized spacial score (nSPS) is 29.8. The number of rotatable bonds is 8. The molecular weight excluding hydrogens is 287 g/mol. The van der Waals surface area contributed by atoms with Gasteiger partial charge in [-0.3, -0.25) is 10.1 Å². The highest BCUT2D eigenvalue weighted by Gasteiger charge is 2.51. The van der Waals surface area contributed by atoms with Crippen molar-refractivity contribution in [2.24, 2.45) is 5.92 Å². The smallest absolute Gasteiger partial charge is 0.391 e. The second kappa shape index (κ2) is 6.52. The zero-order valence-electron chi connectivity index (χ0n) is 11.9. The maximum absolute atomic E-state index is 12.0. The van der Waals surface area contributed by atoms with Gasteiger partial charge in [-0.25, -0.2) is 0 Å². The van der Waals surface area contributed by atoms with Crippen molar-refractivity contribution in [2.75, 3.05) is 13.2 Å². The van der Waals surface area contributed by atoms with Gasteiger partial charge >= 0.3 is 12.1 Å². The Labute approximate surface area is 122 Å². The van der Waals surface area contributed by atoms with Gasteiger partial charge in [-0.2, -0.15) is 13.2 Å². The van der Waals surface area contributed by atoms with Gasteiger partial charge in [-0.05, 0) is 38.0 Å². The Kier molecular flexibility index (Phi) is 5.14. The third-order valence-corrected chi connectivity index (χ3v) is 4.38. The van der Waals surface area contributed by atoms with Gasteiger partial charge in [0.05, 0.1) is 13.0 Å². The molecule has 0 heterocycles. The standard InChI is InChI=1S/C14H22F3NO3/c15-14(16,17)7-9-21-8-5-10-2-1-6-13(10,12(19)20)18-11-3-4-11/h10-11,18H,1-9H2,(H,19,20). The van der Waals surface area contributed by atoms with Crippen molar-refractivity contribution in [1.29, 1.82) is 0 Å². The van der Waals surface area contributed by atoms with Crippen molar-refractivity contribution in [3.8, 4) is 0 Å². The van der Waals surface area contributed by atoms with Gasteiger partial charge in [-0.1, -0.05) is 6.42 Å². The molecule has 2 rings (SSSR count). The van der Waals surface area contributed by atoms with Crippen molar-refractivity contribution in [1.82, 2.24) is 5.32 Å². The van der Waals surface area contributed by atoms with Gasteiger partial charge in [0.1, 0.15) is 5.54 Å². The largest absolute Gasteiger partial charge is 0.480 e. The molecule has 0 aromatic carbocycles. The highest BCUT2D eigenvalue weighted by atomic mass is 19.4. The van der Waals surface area contributed by atoms with Crippen LogP contribution in [0.2, 0.25) is 0 Å². The number of hydrogen-bond donors (Lipinski definition) is 2. The van der Waals surface area contributed by atoms with Crippen LogP contribution in [0, 0.1) is 5.92 Å². The summed E-state index contributed by atoms with van der Waals surface area (Å²) in [5.41, 5.74) is -0.908. The quantitative estimate of drug-likeness (QED) is 0.677. The number of halogens is 3. The van der Waals surface area contributed by atoms with E-state index in [2.05, 4.69) is 5.32 Å². The van der Waals surface area contributed by atoms with Crippen LogP contribution in [0.3, 0.4) is 0 Å². The van der Waals surface area contributed by atoms with Crippen LogP contribution in [-0.2, 0) is 9.53 Å². The fraction of sp³-hybridized carbons (Fsp3) is 0.929. The number of alkyl halides is 3. The minimum absolute atomic E-state index is 0.0681. The molecular formula is C14H22F3NO3. The van der Waals surface area contributed by atoms with E-state index in [-0.39, 0.29) is 25.2 Å². The van der Waals surface area contributed by atoms with Crippen molar-refractivity contribution in [3.05, 3.63) is 0 Å². The van der Waals surface area contributed by atoms with Gasteiger partial charge in [0.2, 0.25) is 0 Å². The summed E-state index contributed by atoms with van der Waals surface area (Å²) in [6.07, 6.45) is -0.453. The molecule has 0 amide bonds. The first-order chi connectivity index (χ1) is 9.83. The molecule has 2 N–H and O–H groups in total. The summed E-state index contributed by atoms with van der Waals surface area (Å²) < 4.78 is 41.0. The van der Waals surface area contributed by atoms with Crippen LogP contribution < -0.4 is 5.32 Å². The first-order valence-electron chi connectivity index (χ1n) is 7.49. The number of aliphatic carboxylic acids is 1. The molecule has 2 fully saturated rings. The maximum atomic E-state index is 12.0. The van der Waals surface area contributed by atoms with Crippen molar-refractivity contribution in [3.63, 3.8) is 0 Å². The van der Waals surface area contributed by atoms with Crippen LogP contribution in [-0.4, -0.2) is 42.0 Å². The molecule has 0 bridgehead atoms. The second-order valence-electron chi connectivity index (χ2n) is 6.05. The Balaban J connectivity index is 1.79. The van der Waals surface area contributed by atoms with E-state index in [9.17, 15) is 23.1 Å². The SMILES string of the molecule is O=C(O)C1(NC2CC2)CCCC1CCOCCC(F)(F)F. The molecule has 4 nitrogen and oxygen atoms in total. The van der Waals surface area contributed by atoms with E-state index in [4.69, 9.17) is 4.74 Å². The van der Waals surface area contributed by atoms with Gasteiger partial charge in [0.15, 0.2) is 0 Å². The van der Waals surface area contributed by atoms with E-state index in [0.717, 1.165) is 25.7 Å². The summed E-state index contributed by atoms with van der Waals surface area (Å²) in [6.45, 7) is -0.172. The van der Waals surface area contributed by atoms with Crippen LogP contribution >= 0.6 is 0 Å². The molecule has 0 saturated heterocycles. The molecule has 0 aliphatic heterocycles. The summed E-state index contributed by atoms with van der Waals surface area (Å²) in [7, 11) is 0. The lowest BCUT2D eigenvalue weighted by Crippen LogP contribution is -2.55. The molecule has 2 saturated carbocycles. The van der Waals surface area contributed by atoms with E-state index in [0.29, 0.717) is 12.8 Å². The van der Waals surface area contributed by atoms with Crippen LogP contribution in [0.15, 0.2) is 0 Å².